The Hall–Kier alpha value is -3.44. The molecular formula is C28H24BrNO4. The number of benzene rings is 3. The Bertz CT molecular complexity index is 1270. The van der Waals surface area contributed by atoms with E-state index in [9.17, 15) is 14.7 Å². The molecule has 0 saturated heterocycles. The van der Waals surface area contributed by atoms with E-state index < -0.39 is 17.5 Å². The molecule has 1 aliphatic rings. The Kier molecular flexibility index (Phi) is 7.13. The zero-order valence-electron chi connectivity index (χ0n) is 18.7. The third-order valence-corrected chi connectivity index (χ3v) is 6.11. The molecule has 1 aliphatic heterocycles. The lowest BCUT2D eigenvalue weighted by Crippen LogP contribution is -2.38. The molecule has 1 heterocycles. The van der Waals surface area contributed by atoms with Gasteiger partial charge in [-0.2, -0.15) is 0 Å². The minimum atomic E-state index is -1.96. The van der Waals surface area contributed by atoms with Crippen molar-refractivity contribution in [3.8, 4) is 0 Å². The van der Waals surface area contributed by atoms with E-state index >= 15 is 0 Å². The van der Waals surface area contributed by atoms with Crippen molar-refractivity contribution in [3.05, 3.63) is 117 Å². The summed E-state index contributed by atoms with van der Waals surface area (Å²) in [4.78, 5) is 27.7. The molecule has 6 heteroatoms. The van der Waals surface area contributed by atoms with Crippen molar-refractivity contribution >= 4 is 33.5 Å². The topological polar surface area (TPSA) is 66.8 Å². The van der Waals surface area contributed by atoms with Gasteiger partial charge >= 0.3 is 5.97 Å². The van der Waals surface area contributed by atoms with E-state index in [0.717, 1.165) is 15.6 Å². The zero-order chi connectivity index (χ0) is 24.1. The maximum atomic E-state index is 13.5. The van der Waals surface area contributed by atoms with Crippen LogP contribution in [0.2, 0.25) is 0 Å². The molecule has 3 aromatic rings. The lowest BCUT2D eigenvalue weighted by Gasteiger charge is -2.20. The highest BCUT2D eigenvalue weighted by Gasteiger charge is 2.48. The Morgan fingerprint density at radius 1 is 1.06 bits per heavy atom. The Morgan fingerprint density at radius 2 is 1.71 bits per heavy atom. The summed E-state index contributed by atoms with van der Waals surface area (Å²) in [5, 5.41) is 11.6. The molecule has 34 heavy (non-hydrogen) atoms. The number of nitrogens with zero attached hydrogens (tertiary/aromatic N) is 1. The van der Waals surface area contributed by atoms with E-state index in [1.54, 1.807) is 24.0 Å². The average molecular weight is 518 g/mol. The normalized spacial score (nSPS) is 16.6. The van der Waals surface area contributed by atoms with Crippen LogP contribution < -0.4 is 4.90 Å². The lowest BCUT2D eigenvalue weighted by molar-refractivity contribution is -0.138. The van der Waals surface area contributed by atoms with Crippen molar-refractivity contribution < 1.29 is 19.4 Å². The van der Waals surface area contributed by atoms with Gasteiger partial charge in [0.05, 0.1) is 24.4 Å². The second-order valence-corrected chi connectivity index (χ2v) is 8.87. The van der Waals surface area contributed by atoms with Crippen LogP contribution >= 0.6 is 15.9 Å². The Labute approximate surface area is 207 Å². The maximum absolute atomic E-state index is 13.5. The monoisotopic (exact) mass is 517 g/mol. The first kappa shape index (κ1) is 23.7. The van der Waals surface area contributed by atoms with Crippen molar-refractivity contribution in [2.75, 3.05) is 11.5 Å². The number of amides is 1. The minimum absolute atomic E-state index is 0.212. The fourth-order valence-electron chi connectivity index (χ4n) is 3.94. The SMILES string of the molecule is CCOC(=O)C(=C=CC1(O)C(=O)N(Cc2ccccc2)c2cc(Br)ccc21)Cc1ccccc1. The van der Waals surface area contributed by atoms with E-state index in [0.29, 0.717) is 17.8 Å². The van der Waals surface area contributed by atoms with Crippen LogP contribution in [0.25, 0.3) is 0 Å². The van der Waals surface area contributed by atoms with Crippen LogP contribution in [0.1, 0.15) is 23.6 Å². The number of carbonyl (C=O) groups excluding carboxylic acids is 2. The number of carbonyl (C=O) groups is 2. The molecule has 1 atom stereocenters. The molecule has 4 rings (SSSR count). The van der Waals surface area contributed by atoms with Gasteiger partial charge in [-0.05, 0) is 30.2 Å². The molecule has 0 saturated carbocycles. The van der Waals surface area contributed by atoms with Crippen molar-refractivity contribution in [2.45, 2.75) is 25.5 Å². The van der Waals surface area contributed by atoms with Gasteiger partial charge in [0.15, 0.2) is 5.60 Å². The standard InChI is InChI=1S/C28H24BrNO4/c1-2-34-26(31)22(17-20-9-5-3-6-10-20)15-16-28(33)24-14-13-23(29)18-25(24)30(27(28)32)19-21-11-7-4-8-12-21/h3-14,16,18,33H,2,17,19H2,1H3. The molecule has 5 nitrogen and oxygen atoms in total. The van der Waals surface area contributed by atoms with E-state index in [1.807, 2.05) is 66.7 Å². The van der Waals surface area contributed by atoms with Crippen LogP contribution in [0.4, 0.5) is 5.69 Å². The molecule has 0 fully saturated rings. The highest BCUT2D eigenvalue weighted by molar-refractivity contribution is 9.10. The molecule has 0 aromatic heterocycles. The number of hydrogen-bond donors (Lipinski definition) is 1. The van der Waals surface area contributed by atoms with Crippen molar-refractivity contribution in [1.29, 1.82) is 0 Å². The first-order valence-corrected chi connectivity index (χ1v) is 11.8. The van der Waals surface area contributed by atoms with Gasteiger partial charge in [0.2, 0.25) is 0 Å². The number of esters is 1. The largest absolute Gasteiger partial charge is 0.462 e. The number of ether oxygens (including phenoxy) is 1. The first-order chi connectivity index (χ1) is 16.4. The van der Waals surface area contributed by atoms with Crippen molar-refractivity contribution in [2.24, 2.45) is 0 Å². The predicted octanol–water partition coefficient (Wildman–Crippen LogP) is 5.07. The van der Waals surface area contributed by atoms with E-state index in [1.165, 1.54) is 6.08 Å². The summed E-state index contributed by atoms with van der Waals surface area (Å²) in [5.74, 6) is -1.03. The molecule has 1 N–H and O–H groups in total. The smallest absolute Gasteiger partial charge is 0.342 e. The third kappa shape index (κ3) is 4.90. The van der Waals surface area contributed by atoms with E-state index in [-0.39, 0.29) is 18.6 Å². The number of hydrogen-bond acceptors (Lipinski definition) is 4. The second kappa shape index (κ2) is 10.2. The van der Waals surface area contributed by atoms with Gasteiger partial charge in [-0.15, -0.1) is 5.73 Å². The second-order valence-electron chi connectivity index (χ2n) is 7.95. The number of aliphatic hydroxyl groups is 1. The number of fused-ring (bicyclic) bond motifs is 1. The van der Waals surface area contributed by atoms with Gasteiger partial charge in [0, 0.05) is 22.5 Å². The van der Waals surface area contributed by atoms with Crippen LogP contribution in [-0.4, -0.2) is 23.6 Å². The maximum Gasteiger partial charge on any atom is 0.342 e. The van der Waals surface area contributed by atoms with Gasteiger partial charge in [-0.1, -0.05) is 82.7 Å². The summed E-state index contributed by atoms with van der Waals surface area (Å²) in [6, 6.07) is 24.3. The number of halogens is 1. The summed E-state index contributed by atoms with van der Waals surface area (Å²) < 4.78 is 5.98. The quantitative estimate of drug-likeness (QED) is 0.270. The fraction of sp³-hybridized carbons (Fsp3) is 0.179. The summed E-state index contributed by atoms with van der Waals surface area (Å²) in [6.45, 7) is 2.24. The summed E-state index contributed by atoms with van der Waals surface area (Å²) in [6.07, 6.45) is 1.55. The molecule has 0 radical (unpaired) electrons. The van der Waals surface area contributed by atoms with Gasteiger partial charge in [0.1, 0.15) is 0 Å². The molecule has 3 aromatic carbocycles. The van der Waals surface area contributed by atoms with Gasteiger partial charge in [-0.25, -0.2) is 4.79 Å². The highest BCUT2D eigenvalue weighted by atomic mass is 79.9. The Morgan fingerprint density at radius 3 is 2.35 bits per heavy atom. The number of rotatable bonds is 7. The Balaban J connectivity index is 1.77. The van der Waals surface area contributed by atoms with Gasteiger partial charge in [-0.3, -0.25) is 4.79 Å². The van der Waals surface area contributed by atoms with Crippen LogP contribution in [0.15, 0.2) is 101 Å². The predicted molar refractivity (Wildman–Crippen MR) is 134 cm³/mol. The van der Waals surface area contributed by atoms with Crippen molar-refractivity contribution in [3.63, 3.8) is 0 Å². The molecule has 0 spiro atoms. The lowest BCUT2D eigenvalue weighted by atomic mass is 9.94. The fourth-order valence-corrected chi connectivity index (χ4v) is 4.28. The molecule has 172 valence electrons. The van der Waals surface area contributed by atoms with Crippen LogP contribution in [-0.2, 0) is 32.9 Å². The van der Waals surface area contributed by atoms with E-state index in [4.69, 9.17) is 4.74 Å². The summed E-state index contributed by atoms with van der Waals surface area (Å²) >= 11 is 3.46. The molecule has 0 bridgehead atoms. The van der Waals surface area contributed by atoms with Crippen LogP contribution in [0.3, 0.4) is 0 Å². The van der Waals surface area contributed by atoms with Crippen LogP contribution in [0, 0.1) is 0 Å². The third-order valence-electron chi connectivity index (χ3n) is 5.62. The molecule has 0 aliphatic carbocycles. The average Bonchev–Trinajstić information content (AvgIpc) is 3.04. The minimum Gasteiger partial charge on any atom is -0.462 e. The summed E-state index contributed by atoms with van der Waals surface area (Å²) in [5.41, 5.74) is 4.05. The van der Waals surface area contributed by atoms with Gasteiger partial charge in [0.25, 0.3) is 5.91 Å². The summed E-state index contributed by atoms with van der Waals surface area (Å²) in [7, 11) is 0. The molecule has 1 unspecified atom stereocenters. The van der Waals surface area contributed by atoms with E-state index in [2.05, 4.69) is 21.7 Å². The first-order valence-electron chi connectivity index (χ1n) is 11.0. The van der Waals surface area contributed by atoms with Gasteiger partial charge < -0.3 is 14.7 Å². The zero-order valence-corrected chi connectivity index (χ0v) is 20.3. The molecule has 1 amide bonds. The van der Waals surface area contributed by atoms with Crippen molar-refractivity contribution in [1.82, 2.24) is 0 Å². The number of anilines is 1. The highest BCUT2D eigenvalue weighted by Crippen LogP contribution is 2.43. The van der Waals surface area contributed by atoms with Crippen LogP contribution in [0.5, 0.6) is 0 Å². The molecular weight excluding hydrogens is 494 g/mol.